The van der Waals surface area contributed by atoms with Crippen molar-refractivity contribution >= 4 is 22.0 Å². The van der Waals surface area contributed by atoms with Crippen molar-refractivity contribution in [1.29, 1.82) is 0 Å². The molecule has 2 unspecified atom stereocenters. The van der Waals surface area contributed by atoms with Crippen LogP contribution in [0.2, 0.25) is 0 Å². The van der Waals surface area contributed by atoms with Crippen LogP contribution in [0.25, 0.3) is 6.08 Å². The molecule has 0 aliphatic carbocycles. The van der Waals surface area contributed by atoms with Crippen LogP contribution in [-0.2, 0) is 14.8 Å². The van der Waals surface area contributed by atoms with Gasteiger partial charge in [-0.3, -0.25) is 9.69 Å². The van der Waals surface area contributed by atoms with Crippen molar-refractivity contribution in [3.8, 4) is 0 Å². The highest BCUT2D eigenvalue weighted by atomic mass is 32.2. The maximum absolute atomic E-state index is 12.0. The molecule has 6 nitrogen and oxygen atoms in total. The second-order valence-corrected chi connectivity index (χ2v) is 8.83. The second kappa shape index (κ2) is 9.30. The van der Waals surface area contributed by atoms with Gasteiger partial charge in [0, 0.05) is 25.2 Å². The number of benzene rings is 1. The first-order valence-corrected chi connectivity index (χ1v) is 10.5. The Morgan fingerprint density at radius 2 is 2.04 bits per heavy atom. The number of rotatable bonds is 7. The molecule has 0 aromatic heterocycles. The van der Waals surface area contributed by atoms with Gasteiger partial charge in [0.2, 0.25) is 15.9 Å². The van der Waals surface area contributed by atoms with E-state index in [2.05, 4.69) is 28.8 Å². The van der Waals surface area contributed by atoms with E-state index in [1.165, 1.54) is 38.1 Å². The standard InChI is InChI=1S/C19H29N3O3S/c1-15-5-4-12-22(14-15)16(2)13-21-19(23)11-8-17-6-9-18(10-7-17)26(24,25)20-3/h6-11,15-16,20H,4-5,12-14H2,1-3H3,(H,21,23)/b11-8+. The van der Waals surface area contributed by atoms with Gasteiger partial charge in [-0.2, -0.15) is 0 Å². The van der Waals surface area contributed by atoms with E-state index < -0.39 is 10.0 Å². The summed E-state index contributed by atoms with van der Waals surface area (Å²) in [7, 11) is -2.06. The number of nitrogens with one attached hydrogen (secondary N) is 2. The fourth-order valence-electron chi connectivity index (χ4n) is 3.11. The molecule has 1 aliphatic heterocycles. The summed E-state index contributed by atoms with van der Waals surface area (Å²) >= 11 is 0. The average Bonchev–Trinajstić information content (AvgIpc) is 2.64. The van der Waals surface area contributed by atoms with E-state index >= 15 is 0 Å². The fourth-order valence-corrected chi connectivity index (χ4v) is 3.84. The summed E-state index contributed by atoms with van der Waals surface area (Å²) < 4.78 is 25.6. The van der Waals surface area contributed by atoms with Gasteiger partial charge in [-0.05, 0) is 63.0 Å². The number of piperidine rings is 1. The van der Waals surface area contributed by atoms with Crippen LogP contribution in [0.15, 0.2) is 35.2 Å². The van der Waals surface area contributed by atoms with Crippen LogP contribution in [-0.4, -0.2) is 51.9 Å². The topological polar surface area (TPSA) is 78.5 Å². The normalized spacial score (nSPS) is 20.2. The van der Waals surface area contributed by atoms with Crippen LogP contribution in [0.1, 0.15) is 32.3 Å². The summed E-state index contributed by atoms with van der Waals surface area (Å²) in [6, 6.07) is 6.70. The minimum absolute atomic E-state index is 0.145. The highest BCUT2D eigenvalue weighted by Gasteiger charge is 2.20. The van der Waals surface area contributed by atoms with Crippen LogP contribution in [0.3, 0.4) is 0 Å². The predicted octanol–water partition coefficient (Wildman–Crippen LogP) is 1.84. The molecule has 0 bridgehead atoms. The number of hydrogen-bond donors (Lipinski definition) is 2. The predicted molar refractivity (Wildman–Crippen MR) is 104 cm³/mol. The van der Waals surface area contributed by atoms with Crippen LogP contribution in [0, 0.1) is 5.92 Å². The average molecular weight is 380 g/mol. The molecular weight excluding hydrogens is 350 g/mol. The molecular formula is C19H29N3O3S. The molecule has 144 valence electrons. The molecule has 1 fully saturated rings. The van der Waals surface area contributed by atoms with Gasteiger partial charge in [-0.1, -0.05) is 19.1 Å². The number of likely N-dealkylation sites (tertiary alicyclic amines) is 1. The van der Waals surface area contributed by atoms with E-state index in [4.69, 9.17) is 0 Å². The molecule has 26 heavy (non-hydrogen) atoms. The number of carbonyl (C=O) groups is 1. The van der Waals surface area contributed by atoms with E-state index in [1.54, 1.807) is 18.2 Å². The van der Waals surface area contributed by atoms with Gasteiger partial charge in [0.25, 0.3) is 0 Å². The Balaban J connectivity index is 1.83. The lowest BCUT2D eigenvalue weighted by atomic mass is 9.99. The first kappa shape index (κ1) is 20.6. The molecule has 1 aromatic rings. The molecule has 1 aromatic carbocycles. The summed E-state index contributed by atoms with van der Waals surface area (Å²) in [5.74, 6) is 0.574. The molecule has 1 heterocycles. The molecule has 0 radical (unpaired) electrons. The minimum atomic E-state index is -3.44. The summed E-state index contributed by atoms with van der Waals surface area (Å²) in [5.41, 5.74) is 0.771. The number of carbonyl (C=O) groups excluding carboxylic acids is 1. The van der Waals surface area contributed by atoms with Gasteiger partial charge >= 0.3 is 0 Å². The largest absolute Gasteiger partial charge is 0.351 e. The lowest BCUT2D eigenvalue weighted by Crippen LogP contribution is -2.46. The van der Waals surface area contributed by atoms with E-state index in [-0.39, 0.29) is 10.8 Å². The maximum Gasteiger partial charge on any atom is 0.244 e. The molecule has 0 spiro atoms. The van der Waals surface area contributed by atoms with E-state index in [0.29, 0.717) is 12.6 Å². The Morgan fingerprint density at radius 1 is 1.35 bits per heavy atom. The molecule has 1 saturated heterocycles. The zero-order valence-electron chi connectivity index (χ0n) is 15.7. The summed E-state index contributed by atoms with van der Waals surface area (Å²) in [6.45, 7) is 7.22. The highest BCUT2D eigenvalue weighted by molar-refractivity contribution is 7.89. The smallest absolute Gasteiger partial charge is 0.244 e. The van der Waals surface area contributed by atoms with Crippen molar-refractivity contribution in [3.63, 3.8) is 0 Å². The van der Waals surface area contributed by atoms with Crippen LogP contribution >= 0.6 is 0 Å². The summed E-state index contributed by atoms with van der Waals surface area (Å²) in [6.07, 6.45) is 5.66. The monoisotopic (exact) mass is 379 g/mol. The van der Waals surface area contributed by atoms with Crippen molar-refractivity contribution in [2.45, 2.75) is 37.6 Å². The quantitative estimate of drug-likeness (QED) is 0.709. The van der Waals surface area contributed by atoms with Gasteiger partial charge < -0.3 is 5.32 Å². The van der Waals surface area contributed by atoms with Gasteiger partial charge in [-0.15, -0.1) is 0 Å². The molecule has 1 aliphatic rings. The first-order chi connectivity index (χ1) is 12.3. The van der Waals surface area contributed by atoms with Crippen molar-refractivity contribution in [1.82, 2.24) is 14.9 Å². The molecule has 2 rings (SSSR count). The Morgan fingerprint density at radius 3 is 2.65 bits per heavy atom. The van der Waals surface area contributed by atoms with Crippen molar-refractivity contribution in [2.75, 3.05) is 26.7 Å². The van der Waals surface area contributed by atoms with E-state index in [0.717, 1.165) is 24.6 Å². The van der Waals surface area contributed by atoms with E-state index in [1.807, 2.05) is 0 Å². The Kier molecular flexibility index (Phi) is 7.37. The van der Waals surface area contributed by atoms with Crippen LogP contribution in [0.4, 0.5) is 0 Å². The molecule has 0 saturated carbocycles. The summed E-state index contributed by atoms with van der Waals surface area (Å²) in [5, 5.41) is 2.94. The van der Waals surface area contributed by atoms with Crippen molar-refractivity contribution < 1.29 is 13.2 Å². The van der Waals surface area contributed by atoms with Gasteiger partial charge in [0.05, 0.1) is 4.90 Å². The third-order valence-electron chi connectivity index (χ3n) is 4.77. The lowest BCUT2D eigenvalue weighted by molar-refractivity contribution is -0.116. The van der Waals surface area contributed by atoms with Crippen molar-refractivity contribution in [2.24, 2.45) is 5.92 Å². The van der Waals surface area contributed by atoms with Gasteiger partial charge in [0.1, 0.15) is 0 Å². The third-order valence-corrected chi connectivity index (χ3v) is 6.20. The lowest BCUT2D eigenvalue weighted by Gasteiger charge is -2.35. The van der Waals surface area contributed by atoms with Gasteiger partial charge in [-0.25, -0.2) is 13.1 Å². The van der Waals surface area contributed by atoms with Gasteiger partial charge in [0.15, 0.2) is 0 Å². The zero-order valence-corrected chi connectivity index (χ0v) is 16.6. The Bertz CT molecular complexity index is 729. The first-order valence-electron chi connectivity index (χ1n) is 9.05. The van der Waals surface area contributed by atoms with Crippen LogP contribution in [0.5, 0.6) is 0 Å². The highest BCUT2D eigenvalue weighted by Crippen LogP contribution is 2.17. The molecule has 1 amide bonds. The third kappa shape index (κ3) is 5.93. The number of sulfonamides is 1. The maximum atomic E-state index is 12.0. The molecule has 2 N–H and O–H groups in total. The number of amides is 1. The minimum Gasteiger partial charge on any atom is -0.351 e. The molecule has 2 atom stereocenters. The second-order valence-electron chi connectivity index (χ2n) is 6.95. The van der Waals surface area contributed by atoms with E-state index in [9.17, 15) is 13.2 Å². The number of nitrogens with zero attached hydrogens (tertiary/aromatic N) is 1. The zero-order chi connectivity index (χ0) is 19.2. The summed E-state index contributed by atoms with van der Waals surface area (Å²) in [4.78, 5) is 14.6. The number of hydrogen-bond acceptors (Lipinski definition) is 4. The Hall–Kier alpha value is -1.70. The van der Waals surface area contributed by atoms with Crippen molar-refractivity contribution in [3.05, 3.63) is 35.9 Å². The fraction of sp³-hybridized carbons (Fsp3) is 0.526. The molecule has 7 heteroatoms. The van der Waals surface area contributed by atoms with Crippen LogP contribution < -0.4 is 10.0 Å². The SMILES string of the molecule is CNS(=O)(=O)c1ccc(/C=C/C(=O)NCC(C)N2CCCC(C)C2)cc1. The Labute approximate surface area is 156 Å².